The maximum Gasteiger partial charge on any atom is 0.200 e. The number of benzene rings is 1. The average molecular weight is 210 g/mol. The molecule has 2 N–H and O–H groups in total. The maximum absolute atomic E-state index is 9.68. The average Bonchev–Trinajstić information content (AvgIpc) is 2.24. The van der Waals surface area contributed by atoms with Crippen LogP contribution in [0.25, 0.3) is 0 Å². The Balaban J connectivity index is 2.88. The van der Waals surface area contributed by atoms with Crippen molar-refractivity contribution in [2.75, 3.05) is 6.61 Å². The molecule has 0 radical (unpaired) electrons. The summed E-state index contributed by atoms with van der Waals surface area (Å²) in [7, 11) is 0. The van der Waals surface area contributed by atoms with E-state index in [1.807, 2.05) is 13.8 Å². The van der Waals surface area contributed by atoms with Crippen molar-refractivity contribution in [1.82, 2.24) is 0 Å². The van der Waals surface area contributed by atoms with Gasteiger partial charge in [0.25, 0.3) is 0 Å². The van der Waals surface area contributed by atoms with Gasteiger partial charge in [0, 0.05) is 0 Å². The highest BCUT2D eigenvalue weighted by molar-refractivity contribution is 5.53. The number of rotatable bonds is 5. The molecule has 3 heteroatoms. The van der Waals surface area contributed by atoms with Crippen molar-refractivity contribution in [2.24, 2.45) is 0 Å². The first kappa shape index (κ1) is 11.7. The Bertz CT molecular complexity index is 321. The lowest BCUT2D eigenvalue weighted by molar-refractivity contribution is 0.292. The molecule has 0 aliphatic carbocycles. The molecule has 1 aromatic carbocycles. The summed E-state index contributed by atoms with van der Waals surface area (Å²) in [5.41, 5.74) is 0.763. The summed E-state index contributed by atoms with van der Waals surface area (Å²) in [5, 5.41) is 19.3. The largest absolute Gasteiger partial charge is 0.504 e. The quantitative estimate of drug-likeness (QED) is 0.735. The first-order chi connectivity index (χ1) is 7.20. The number of aromatic hydroxyl groups is 2. The lowest BCUT2D eigenvalue weighted by Crippen LogP contribution is -1.96. The second-order valence-electron chi connectivity index (χ2n) is 3.52. The lowest BCUT2D eigenvalue weighted by atomic mass is 10.1. The van der Waals surface area contributed by atoms with Crippen LogP contribution in [0.2, 0.25) is 0 Å². The van der Waals surface area contributed by atoms with Gasteiger partial charge in [-0.15, -0.1) is 0 Å². The summed E-state index contributed by atoms with van der Waals surface area (Å²) in [6.45, 7) is 4.56. The number of phenols is 2. The van der Waals surface area contributed by atoms with Gasteiger partial charge in [-0.25, -0.2) is 0 Å². The Kier molecular flexibility index (Phi) is 4.28. The summed E-state index contributed by atoms with van der Waals surface area (Å²) in [6.07, 6.45) is 2.56. The molecule has 0 atom stereocenters. The molecule has 0 bridgehead atoms. The summed E-state index contributed by atoms with van der Waals surface area (Å²) < 4.78 is 5.29. The fourth-order valence-corrected chi connectivity index (χ4v) is 1.40. The van der Waals surface area contributed by atoms with Gasteiger partial charge < -0.3 is 14.9 Å². The highest BCUT2D eigenvalue weighted by Gasteiger charge is 2.11. The Hall–Kier alpha value is -1.38. The van der Waals surface area contributed by atoms with Gasteiger partial charge >= 0.3 is 0 Å². The van der Waals surface area contributed by atoms with Crippen molar-refractivity contribution < 1.29 is 14.9 Å². The molecule has 15 heavy (non-hydrogen) atoms. The van der Waals surface area contributed by atoms with Crippen LogP contribution in [0.5, 0.6) is 17.2 Å². The first-order valence-electron chi connectivity index (χ1n) is 5.37. The highest BCUT2D eigenvalue weighted by Crippen LogP contribution is 2.38. The third kappa shape index (κ3) is 2.78. The van der Waals surface area contributed by atoms with Crippen LogP contribution >= 0.6 is 0 Å². The standard InChI is InChI=1S/C12H18O3/c1-3-5-9-6-7-10(15-8-4-2)12(14)11(9)13/h6-7,13-14H,3-5,8H2,1-2H3. The van der Waals surface area contributed by atoms with Crippen LogP contribution < -0.4 is 4.74 Å². The van der Waals surface area contributed by atoms with Crippen LogP contribution in [-0.2, 0) is 6.42 Å². The van der Waals surface area contributed by atoms with Crippen molar-refractivity contribution in [1.29, 1.82) is 0 Å². The Morgan fingerprint density at radius 2 is 1.80 bits per heavy atom. The minimum atomic E-state index is -0.144. The van der Waals surface area contributed by atoms with Crippen molar-refractivity contribution in [2.45, 2.75) is 33.1 Å². The molecule has 0 aromatic heterocycles. The van der Waals surface area contributed by atoms with Crippen molar-refractivity contribution >= 4 is 0 Å². The van der Waals surface area contributed by atoms with E-state index in [0.717, 1.165) is 24.8 Å². The fourth-order valence-electron chi connectivity index (χ4n) is 1.40. The number of ether oxygens (including phenoxy) is 1. The molecule has 1 rings (SSSR count). The topological polar surface area (TPSA) is 49.7 Å². The van der Waals surface area contributed by atoms with E-state index >= 15 is 0 Å². The van der Waals surface area contributed by atoms with Crippen LogP contribution in [0.15, 0.2) is 12.1 Å². The number of hydrogen-bond acceptors (Lipinski definition) is 3. The summed E-state index contributed by atoms with van der Waals surface area (Å²) >= 11 is 0. The van der Waals surface area contributed by atoms with E-state index in [1.54, 1.807) is 12.1 Å². The normalized spacial score (nSPS) is 10.3. The number of phenolic OH excluding ortho intramolecular Hbond substituents is 2. The number of aryl methyl sites for hydroxylation is 1. The molecular formula is C12H18O3. The second kappa shape index (κ2) is 5.49. The molecule has 1 aromatic rings. The van der Waals surface area contributed by atoms with E-state index in [-0.39, 0.29) is 11.5 Å². The summed E-state index contributed by atoms with van der Waals surface area (Å²) in [4.78, 5) is 0. The van der Waals surface area contributed by atoms with Gasteiger partial charge in [-0.05, 0) is 24.5 Å². The smallest absolute Gasteiger partial charge is 0.200 e. The SMILES string of the molecule is CCCOc1ccc(CCC)c(O)c1O. The fraction of sp³-hybridized carbons (Fsp3) is 0.500. The third-order valence-electron chi connectivity index (χ3n) is 2.18. The Labute approximate surface area is 90.3 Å². The summed E-state index contributed by atoms with van der Waals surface area (Å²) in [6, 6.07) is 3.50. The predicted octanol–water partition coefficient (Wildman–Crippen LogP) is 2.84. The molecule has 0 fully saturated rings. The summed E-state index contributed by atoms with van der Waals surface area (Å²) in [5.74, 6) is 0.161. The first-order valence-corrected chi connectivity index (χ1v) is 5.37. The molecule has 0 aliphatic rings. The van der Waals surface area contributed by atoms with Crippen molar-refractivity contribution in [3.63, 3.8) is 0 Å². The van der Waals surface area contributed by atoms with Crippen LogP contribution in [0.3, 0.4) is 0 Å². The van der Waals surface area contributed by atoms with E-state index in [9.17, 15) is 10.2 Å². The van der Waals surface area contributed by atoms with E-state index in [0.29, 0.717) is 12.4 Å². The highest BCUT2D eigenvalue weighted by atomic mass is 16.5. The molecule has 0 saturated heterocycles. The second-order valence-corrected chi connectivity index (χ2v) is 3.52. The van der Waals surface area contributed by atoms with E-state index < -0.39 is 0 Å². The zero-order chi connectivity index (χ0) is 11.3. The van der Waals surface area contributed by atoms with Gasteiger partial charge in [0.1, 0.15) is 0 Å². The molecule has 0 saturated carbocycles. The zero-order valence-corrected chi connectivity index (χ0v) is 9.29. The monoisotopic (exact) mass is 210 g/mol. The molecule has 0 spiro atoms. The van der Waals surface area contributed by atoms with E-state index in [2.05, 4.69) is 0 Å². The van der Waals surface area contributed by atoms with Crippen LogP contribution in [0.4, 0.5) is 0 Å². The molecule has 3 nitrogen and oxygen atoms in total. The number of hydrogen-bond donors (Lipinski definition) is 2. The van der Waals surface area contributed by atoms with Crippen LogP contribution in [0, 0.1) is 0 Å². The van der Waals surface area contributed by atoms with Gasteiger partial charge in [-0.2, -0.15) is 0 Å². The zero-order valence-electron chi connectivity index (χ0n) is 9.29. The Morgan fingerprint density at radius 1 is 1.07 bits per heavy atom. The molecule has 84 valence electrons. The maximum atomic E-state index is 9.68. The third-order valence-corrected chi connectivity index (χ3v) is 2.18. The molecule has 0 unspecified atom stereocenters. The van der Waals surface area contributed by atoms with Crippen LogP contribution in [0.1, 0.15) is 32.3 Å². The van der Waals surface area contributed by atoms with E-state index in [1.165, 1.54) is 0 Å². The molecule has 0 heterocycles. The van der Waals surface area contributed by atoms with Gasteiger partial charge in [0.05, 0.1) is 6.61 Å². The van der Waals surface area contributed by atoms with Gasteiger partial charge in [-0.3, -0.25) is 0 Å². The van der Waals surface area contributed by atoms with Crippen molar-refractivity contribution in [3.8, 4) is 17.2 Å². The van der Waals surface area contributed by atoms with Gasteiger partial charge in [0.15, 0.2) is 11.5 Å². The minimum Gasteiger partial charge on any atom is -0.504 e. The Morgan fingerprint density at radius 3 is 2.40 bits per heavy atom. The lowest BCUT2D eigenvalue weighted by Gasteiger charge is -2.10. The van der Waals surface area contributed by atoms with Crippen molar-refractivity contribution in [3.05, 3.63) is 17.7 Å². The predicted molar refractivity (Wildman–Crippen MR) is 59.6 cm³/mol. The van der Waals surface area contributed by atoms with E-state index in [4.69, 9.17) is 4.74 Å². The molecule has 0 amide bonds. The minimum absolute atomic E-state index is 0.0505. The molecule has 0 aliphatic heterocycles. The molecular weight excluding hydrogens is 192 g/mol. The van der Waals surface area contributed by atoms with Gasteiger partial charge in [0.2, 0.25) is 5.75 Å². The van der Waals surface area contributed by atoms with Gasteiger partial charge in [-0.1, -0.05) is 26.3 Å². The van der Waals surface area contributed by atoms with Crippen LogP contribution in [-0.4, -0.2) is 16.8 Å².